The predicted octanol–water partition coefficient (Wildman–Crippen LogP) is 5.12. The fraction of sp³-hybridized carbons (Fsp3) is 0.722. The van der Waals surface area contributed by atoms with E-state index in [1.54, 1.807) is 6.54 Å². The molecule has 0 spiro atoms. The second kappa shape index (κ2) is 23.2. The van der Waals surface area contributed by atoms with Gasteiger partial charge in [-0.2, -0.15) is 32.1 Å². The smallest absolute Gasteiger partial charge is 0.303 e. The average molecular weight is 361 g/mol. The van der Waals surface area contributed by atoms with Crippen LogP contribution >= 0.6 is 0 Å². The summed E-state index contributed by atoms with van der Waals surface area (Å²) in [4.78, 5) is 10.3. The molecule has 0 amide bonds. The Morgan fingerprint density at radius 3 is 1.64 bits per heavy atom. The minimum atomic E-state index is -0.684. The molecule has 0 rings (SSSR count). The third kappa shape index (κ3) is 24.9. The molecule has 0 aromatic rings. The molecule has 0 saturated carbocycles. The number of hydrogen-bond acceptors (Lipinski definition) is 2. The monoisotopic (exact) mass is 360 g/mol. The molecule has 0 fully saturated rings. The van der Waals surface area contributed by atoms with Gasteiger partial charge in [0.2, 0.25) is 0 Å². The van der Waals surface area contributed by atoms with Crippen molar-refractivity contribution in [1.82, 2.24) is 0 Å². The maximum Gasteiger partial charge on any atom is 0.303 e. The van der Waals surface area contributed by atoms with Gasteiger partial charge in [-0.3, -0.25) is 11.3 Å². The number of carboxylic acid groups (broad SMARTS) is 1. The molecule has 0 aromatic carbocycles. The van der Waals surface area contributed by atoms with Crippen LogP contribution in [0.3, 0.4) is 0 Å². The molecule has 0 atom stereocenters. The van der Waals surface area contributed by atoms with Crippen molar-refractivity contribution in [3.63, 3.8) is 0 Å². The molecule has 0 aliphatic rings. The zero-order valence-electron chi connectivity index (χ0n) is 14.2. The van der Waals surface area contributed by atoms with Gasteiger partial charge in [0.1, 0.15) is 0 Å². The second-order valence-electron chi connectivity index (χ2n) is 5.38. The Morgan fingerprint density at radius 1 is 0.773 bits per heavy atom. The first kappa shape index (κ1) is 26.8. The summed E-state index contributed by atoms with van der Waals surface area (Å²) in [6.07, 6.45) is 19.0. The van der Waals surface area contributed by atoms with E-state index < -0.39 is 5.97 Å². The maximum absolute atomic E-state index is 10.3. The van der Waals surface area contributed by atoms with Crippen LogP contribution in [0.2, 0.25) is 0 Å². The van der Waals surface area contributed by atoms with Crippen molar-refractivity contribution >= 4 is 5.97 Å². The van der Waals surface area contributed by atoms with Crippen LogP contribution in [0.1, 0.15) is 83.5 Å². The first-order valence-corrected chi connectivity index (χ1v) is 8.16. The van der Waals surface area contributed by atoms with Gasteiger partial charge in [0, 0.05) is 23.5 Å². The first-order valence-electron chi connectivity index (χ1n) is 8.16. The summed E-state index contributed by atoms with van der Waals surface area (Å²) < 4.78 is 0. The van der Waals surface area contributed by atoms with Crippen molar-refractivity contribution in [1.29, 1.82) is 0 Å². The third-order valence-corrected chi connectivity index (χ3v) is 3.39. The van der Waals surface area contributed by atoms with Crippen LogP contribution in [0.4, 0.5) is 0 Å². The summed E-state index contributed by atoms with van der Waals surface area (Å²) in [6.45, 7) is 1.75. The summed E-state index contributed by atoms with van der Waals surface area (Å²) in [5.74, 6) is -0.684. The van der Waals surface area contributed by atoms with Crippen LogP contribution in [0.25, 0.3) is 0 Å². The molecule has 3 nitrogen and oxygen atoms in total. The minimum absolute atomic E-state index is 0. The first-order chi connectivity index (χ1) is 9.77. The van der Waals surface area contributed by atoms with Gasteiger partial charge in [-0.1, -0.05) is 44.9 Å². The number of rotatable bonds is 16. The van der Waals surface area contributed by atoms with Crippen molar-refractivity contribution in [2.45, 2.75) is 83.5 Å². The molecule has 0 aliphatic heterocycles. The van der Waals surface area contributed by atoms with Crippen LogP contribution in [0, 0.1) is 26.8 Å². The summed E-state index contributed by atoms with van der Waals surface area (Å²) in [5.41, 5.74) is 5.33. The largest absolute Gasteiger partial charge is 0.483 e. The Labute approximate surface area is 149 Å². The molecular weight excluding hydrogens is 326 g/mol. The van der Waals surface area contributed by atoms with Gasteiger partial charge in [0.25, 0.3) is 0 Å². The van der Waals surface area contributed by atoms with Crippen LogP contribution in [0.5, 0.6) is 0 Å². The molecule has 139 valence electrons. The average Bonchev–Trinajstić information content (AvgIpc) is 2.43. The molecule has 0 aliphatic carbocycles. The molecular formula is C18H35CuNO2-4. The Hall–Kier alpha value is -0.0505. The van der Waals surface area contributed by atoms with Crippen molar-refractivity contribution < 1.29 is 27.0 Å². The molecule has 1 radical (unpaired) electrons. The van der Waals surface area contributed by atoms with E-state index in [9.17, 15) is 4.79 Å². The molecule has 0 aromatic heterocycles. The Balaban J connectivity index is -0.00000180. The van der Waals surface area contributed by atoms with Crippen LogP contribution < -0.4 is 5.73 Å². The predicted molar refractivity (Wildman–Crippen MR) is 91.2 cm³/mol. The van der Waals surface area contributed by atoms with E-state index in [2.05, 4.69) is 12.8 Å². The normalized spacial score (nSPS) is 9.86. The number of carbonyl (C=O) groups is 1. The van der Waals surface area contributed by atoms with Crippen LogP contribution in [0.15, 0.2) is 0 Å². The van der Waals surface area contributed by atoms with E-state index in [1.807, 2.05) is 0 Å². The fourth-order valence-corrected chi connectivity index (χ4v) is 2.17. The third-order valence-electron chi connectivity index (χ3n) is 3.39. The van der Waals surface area contributed by atoms with Gasteiger partial charge in [-0.25, -0.2) is 0 Å². The van der Waals surface area contributed by atoms with Gasteiger partial charge in [-0.15, -0.1) is 0 Å². The zero-order chi connectivity index (χ0) is 14.9. The van der Waals surface area contributed by atoms with E-state index in [4.69, 9.17) is 10.8 Å². The van der Waals surface area contributed by atoms with E-state index in [0.717, 1.165) is 25.7 Å². The zero-order valence-corrected chi connectivity index (χ0v) is 15.1. The summed E-state index contributed by atoms with van der Waals surface area (Å²) in [6, 6.07) is 0. The number of nitrogens with two attached hydrogens (primary N) is 1. The Kier molecular flexibility index (Phi) is 28.3. The Morgan fingerprint density at radius 2 is 1.18 bits per heavy atom. The fourth-order valence-electron chi connectivity index (χ4n) is 2.17. The summed E-state index contributed by atoms with van der Waals surface area (Å²) in [7, 11) is 0. The number of unbranched alkanes of at least 4 members (excludes halogenated alkanes) is 13. The van der Waals surface area contributed by atoms with E-state index in [0.29, 0.717) is 6.42 Å². The summed E-state index contributed by atoms with van der Waals surface area (Å²) in [5, 5.41) is 8.49. The molecule has 0 unspecified atom stereocenters. The van der Waals surface area contributed by atoms with E-state index in [1.165, 1.54) is 51.4 Å². The van der Waals surface area contributed by atoms with Gasteiger partial charge in [0.05, 0.1) is 0 Å². The molecule has 22 heavy (non-hydrogen) atoms. The van der Waals surface area contributed by atoms with Crippen molar-refractivity contribution in [3.05, 3.63) is 26.8 Å². The second-order valence-corrected chi connectivity index (χ2v) is 5.38. The molecule has 3 N–H and O–H groups in total. The number of aliphatic carboxylic acids is 1. The van der Waals surface area contributed by atoms with Crippen LogP contribution in [-0.2, 0) is 21.9 Å². The number of carboxylic acids is 1. The van der Waals surface area contributed by atoms with Gasteiger partial charge >= 0.3 is 5.97 Å². The van der Waals surface area contributed by atoms with Crippen molar-refractivity contribution in [3.8, 4) is 0 Å². The van der Waals surface area contributed by atoms with Crippen molar-refractivity contribution in [2.75, 3.05) is 0 Å². The quantitative estimate of drug-likeness (QED) is 0.228. The molecule has 0 heterocycles. The van der Waals surface area contributed by atoms with Crippen LogP contribution in [-0.4, -0.2) is 11.1 Å². The van der Waals surface area contributed by atoms with Gasteiger partial charge < -0.3 is 31.1 Å². The number of hydrogen-bond donors (Lipinski definition) is 2. The molecule has 0 bridgehead atoms. The van der Waals surface area contributed by atoms with E-state index >= 15 is 0 Å². The van der Waals surface area contributed by atoms with E-state index in [-0.39, 0.29) is 24.5 Å². The van der Waals surface area contributed by atoms with Gasteiger partial charge in [0.15, 0.2) is 0 Å². The minimum Gasteiger partial charge on any atom is -0.483 e. The standard InChI is InChI=1S/C17H32NO2.CH3.Cu/c18-16-14-12-10-8-6-4-2-1-3-5-7-9-11-13-15-17(19)20;;/h6,9,16H,1-5,7-8,10-15,18H2,(H,19,20);1H3;/q-3;-1;. The SMILES string of the molecule is N[CH-]CCCC[CH-]CCCCCC[CH-]CCCC(=O)O.[CH3-].[Cu]. The molecule has 0 saturated heterocycles. The van der Waals surface area contributed by atoms with Crippen molar-refractivity contribution in [2.24, 2.45) is 5.73 Å². The van der Waals surface area contributed by atoms with Gasteiger partial charge in [-0.05, 0) is 0 Å². The Bertz CT molecular complexity index is 213. The maximum atomic E-state index is 10.3. The topological polar surface area (TPSA) is 63.3 Å². The molecule has 4 heteroatoms. The summed E-state index contributed by atoms with van der Waals surface area (Å²) >= 11 is 0.